The zero-order chi connectivity index (χ0) is 22.2. The summed E-state index contributed by atoms with van der Waals surface area (Å²) >= 11 is 0. The van der Waals surface area contributed by atoms with Crippen molar-refractivity contribution in [2.24, 2.45) is 5.41 Å². The Labute approximate surface area is 176 Å². The first-order valence-corrected chi connectivity index (χ1v) is 10.1. The number of hydrogen-bond acceptors (Lipinski definition) is 4. The lowest BCUT2D eigenvalue weighted by Gasteiger charge is -2.28. The van der Waals surface area contributed by atoms with Gasteiger partial charge >= 0.3 is 0 Å². The van der Waals surface area contributed by atoms with E-state index in [1.54, 1.807) is 18.2 Å². The molecule has 1 saturated heterocycles. The molecule has 154 valence electrons. The molecule has 0 aromatic heterocycles. The van der Waals surface area contributed by atoms with E-state index >= 15 is 0 Å². The number of fused-ring (bicyclic) bond motifs is 1. The zero-order valence-electron chi connectivity index (χ0n) is 18.2. The molecule has 0 bridgehead atoms. The van der Waals surface area contributed by atoms with Gasteiger partial charge in [0.1, 0.15) is 0 Å². The number of carbonyl (C=O) groups is 4. The highest BCUT2D eigenvalue weighted by molar-refractivity contribution is 6.47. The summed E-state index contributed by atoms with van der Waals surface area (Å²) in [7, 11) is 0. The predicted octanol–water partition coefficient (Wildman–Crippen LogP) is 4.24. The fourth-order valence-electron chi connectivity index (χ4n) is 4.48. The second kappa shape index (κ2) is 6.21. The fraction of sp³-hybridized carbons (Fsp3) is 0.360. The van der Waals surface area contributed by atoms with Gasteiger partial charge in [-0.3, -0.25) is 19.2 Å². The summed E-state index contributed by atoms with van der Waals surface area (Å²) in [6.07, 6.45) is -0.423. The van der Waals surface area contributed by atoms with Crippen LogP contribution in [0.5, 0.6) is 0 Å². The van der Waals surface area contributed by atoms with E-state index in [0.29, 0.717) is 5.69 Å². The smallest absolute Gasteiger partial charge is 0.256 e. The molecule has 2 amide bonds. The van der Waals surface area contributed by atoms with Crippen LogP contribution in [-0.4, -0.2) is 23.4 Å². The Bertz CT molecular complexity index is 1130. The lowest BCUT2D eigenvalue weighted by molar-refractivity contribution is -0.122. The second-order valence-corrected chi connectivity index (χ2v) is 9.53. The van der Waals surface area contributed by atoms with Gasteiger partial charge in [0.05, 0.1) is 12.1 Å². The van der Waals surface area contributed by atoms with Crippen molar-refractivity contribution in [3.63, 3.8) is 0 Å². The summed E-state index contributed by atoms with van der Waals surface area (Å²) in [6, 6.07) is 8.83. The van der Waals surface area contributed by atoms with Gasteiger partial charge in [-0.25, -0.2) is 4.90 Å². The van der Waals surface area contributed by atoms with Gasteiger partial charge in [0.25, 0.3) is 5.91 Å². The Kier molecular flexibility index (Phi) is 4.18. The average molecular weight is 403 g/mol. The summed E-state index contributed by atoms with van der Waals surface area (Å²) in [5, 5.41) is 0. The molecule has 5 heteroatoms. The number of ketones is 2. The molecule has 2 aromatic carbocycles. The van der Waals surface area contributed by atoms with Gasteiger partial charge in [-0.05, 0) is 61.1 Å². The number of nitrogens with zero attached hydrogens (tertiary/aromatic N) is 1. The largest absolute Gasteiger partial charge is 0.292 e. The van der Waals surface area contributed by atoms with Crippen molar-refractivity contribution in [1.29, 1.82) is 0 Å². The van der Waals surface area contributed by atoms with Gasteiger partial charge in [0.15, 0.2) is 17.0 Å². The average Bonchev–Trinajstić information content (AvgIpc) is 3.03. The molecular formula is C25H25NO4. The number of hydrogen-bond donors (Lipinski definition) is 0. The Balaban J connectivity index is 1.88. The minimum atomic E-state index is -1.97. The highest BCUT2D eigenvalue weighted by Gasteiger charge is 2.66. The van der Waals surface area contributed by atoms with Crippen molar-refractivity contribution in [2.75, 3.05) is 4.90 Å². The van der Waals surface area contributed by atoms with Crippen LogP contribution in [-0.2, 0) is 15.0 Å². The molecule has 0 N–H and O–H groups in total. The van der Waals surface area contributed by atoms with Crippen LogP contribution < -0.4 is 4.90 Å². The molecule has 1 fully saturated rings. The number of rotatable bonds is 1. The molecule has 5 nitrogen and oxygen atoms in total. The molecule has 0 unspecified atom stereocenters. The van der Waals surface area contributed by atoms with E-state index in [1.807, 2.05) is 53.7 Å². The monoisotopic (exact) mass is 403 g/mol. The maximum atomic E-state index is 13.6. The van der Waals surface area contributed by atoms with E-state index in [0.717, 1.165) is 27.2 Å². The van der Waals surface area contributed by atoms with Crippen LogP contribution in [0, 0.1) is 26.2 Å². The lowest BCUT2D eigenvalue weighted by Crippen LogP contribution is -2.43. The number of benzene rings is 2. The van der Waals surface area contributed by atoms with Gasteiger partial charge in [0.2, 0.25) is 5.91 Å². The van der Waals surface area contributed by atoms with Crippen LogP contribution in [0.25, 0.3) is 0 Å². The summed E-state index contributed by atoms with van der Waals surface area (Å²) in [4.78, 5) is 54.5. The van der Waals surface area contributed by atoms with Crippen molar-refractivity contribution in [3.8, 4) is 0 Å². The minimum absolute atomic E-state index is 0.242. The van der Waals surface area contributed by atoms with E-state index in [-0.39, 0.29) is 16.5 Å². The molecule has 4 rings (SSSR count). The molecule has 0 saturated carbocycles. The molecule has 2 aliphatic rings. The van der Waals surface area contributed by atoms with Crippen molar-refractivity contribution in [2.45, 2.75) is 53.4 Å². The summed E-state index contributed by atoms with van der Waals surface area (Å²) in [6.45, 7) is 11.7. The summed E-state index contributed by atoms with van der Waals surface area (Å²) in [5.41, 5.74) is 2.19. The van der Waals surface area contributed by atoms with Crippen LogP contribution >= 0.6 is 0 Å². The Morgan fingerprint density at radius 1 is 0.833 bits per heavy atom. The van der Waals surface area contributed by atoms with Crippen molar-refractivity contribution >= 4 is 29.1 Å². The fourth-order valence-corrected chi connectivity index (χ4v) is 4.48. The van der Waals surface area contributed by atoms with Crippen molar-refractivity contribution < 1.29 is 19.2 Å². The Hall–Kier alpha value is -3.08. The first-order chi connectivity index (χ1) is 13.9. The molecule has 2 aromatic rings. The minimum Gasteiger partial charge on any atom is -0.292 e. The first-order valence-electron chi connectivity index (χ1n) is 10.1. The van der Waals surface area contributed by atoms with Gasteiger partial charge in [-0.1, -0.05) is 38.5 Å². The van der Waals surface area contributed by atoms with E-state index < -0.39 is 35.2 Å². The van der Waals surface area contributed by atoms with Crippen LogP contribution in [0.15, 0.2) is 30.3 Å². The van der Waals surface area contributed by atoms with Gasteiger partial charge in [0, 0.05) is 11.1 Å². The number of carbonyl (C=O) groups excluding carboxylic acids is 4. The third-order valence-corrected chi connectivity index (χ3v) is 6.33. The van der Waals surface area contributed by atoms with Crippen molar-refractivity contribution in [1.82, 2.24) is 0 Å². The van der Waals surface area contributed by atoms with Crippen LogP contribution in [0.4, 0.5) is 5.69 Å². The molecule has 1 spiro atoms. The molecule has 30 heavy (non-hydrogen) atoms. The lowest BCUT2D eigenvalue weighted by atomic mass is 9.80. The summed E-state index contributed by atoms with van der Waals surface area (Å²) in [5.74, 6) is -2.37. The number of Topliss-reactive ketones (excluding diaryl/α,β-unsaturated/α-hetero) is 2. The summed E-state index contributed by atoms with van der Waals surface area (Å²) < 4.78 is 0. The van der Waals surface area contributed by atoms with E-state index in [2.05, 4.69) is 0 Å². The molecule has 1 aliphatic carbocycles. The Morgan fingerprint density at radius 2 is 1.37 bits per heavy atom. The SMILES string of the molecule is Cc1ccc(N2C(=O)CC3(C(=O)c4cc(C)c(C)cc4C3=O)C2=O)c(C(C)(C)C)c1. The predicted molar refractivity (Wildman–Crippen MR) is 114 cm³/mol. The number of amides is 2. The van der Waals surface area contributed by atoms with Crippen molar-refractivity contribution in [3.05, 3.63) is 63.7 Å². The molecule has 1 heterocycles. The molecular weight excluding hydrogens is 378 g/mol. The maximum absolute atomic E-state index is 13.6. The van der Waals surface area contributed by atoms with Crippen LogP contribution in [0.2, 0.25) is 0 Å². The topological polar surface area (TPSA) is 71.5 Å². The zero-order valence-corrected chi connectivity index (χ0v) is 18.2. The maximum Gasteiger partial charge on any atom is 0.256 e. The highest BCUT2D eigenvalue weighted by Crippen LogP contribution is 2.48. The number of anilines is 1. The third kappa shape index (κ3) is 2.54. The van der Waals surface area contributed by atoms with E-state index in [1.165, 1.54) is 0 Å². The number of aryl methyl sites for hydroxylation is 3. The quantitative estimate of drug-likeness (QED) is 0.527. The normalized spacial score (nSPS) is 18.0. The first kappa shape index (κ1) is 20.2. The van der Waals surface area contributed by atoms with E-state index in [9.17, 15) is 19.2 Å². The van der Waals surface area contributed by atoms with Gasteiger partial charge in [-0.15, -0.1) is 0 Å². The van der Waals surface area contributed by atoms with Crippen LogP contribution in [0.1, 0.15) is 70.2 Å². The van der Waals surface area contributed by atoms with Gasteiger partial charge < -0.3 is 0 Å². The third-order valence-electron chi connectivity index (χ3n) is 6.33. The van der Waals surface area contributed by atoms with Gasteiger partial charge in [-0.2, -0.15) is 0 Å². The molecule has 1 aliphatic heterocycles. The second-order valence-electron chi connectivity index (χ2n) is 9.53. The highest BCUT2D eigenvalue weighted by atomic mass is 16.2. The molecule has 0 atom stereocenters. The van der Waals surface area contributed by atoms with Crippen LogP contribution in [0.3, 0.4) is 0 Å². The standard InChI is InChI=1S/C25H25NO4/c1-13-7-8-19(18(9-13)24(4,5)6)26-20(27)12-25(23(26)30)21(28)16-10-14(2)15(3)11-17(16)22(25)29/h7-11H,12H2,1-6H3. The molecule has 0 radical (unpaired) electrons. The Morgan fingerprint density at radius 3 is 1.87 bits per heavy atom. The van der Waals surface area contributed by atoms with E-state index in [4.69, 9.17) is 0 Å². The number of imide groups is 1.